The molecule has 0 amide bonds. The molecule has 90 valence electrons. The van der Waals surface area contributed by atoms with Gasteiger partial charge in [0.15, 0.2) is 12.0 Å². The summed E-state index contributed by atoms with van der Waals surface area (Å²) in [5, 5.41) is 8.02. The third kappa shape index (κ3) is 2.93. The Hall–Kier alpha value is -2.11. The van der Waals surface area contributed by atoms with Gasteiger partial charge in [0.1, 0.15) is 12.6 Å². The molecule has 0 aliphatic carbocycles. The Morgan fingerprint density at radius 3 is 2.65 bits per heavy atom. The summed E-state index contributed by atoms with van der Waals surface area (Å²) >= 11 is 0. The molecule has 1 atom stereocenters. The standard InChI is InChI=1S/C10H13N5.CH2O/c1-3-8-13-10(15-14-8)7-5-4-6(2)12-9(7)11;1-2/h4-5,8H,3H2,1-2H3,(H2,11,12);1H2. The summed E-state index contributed by atoms with van der Waals surface area (Å²) in [6.45, 7) is 5.92. The monoisotopic (exact) mass is 233 g/mol. The summed E-state index contributed by atoms with van der Waals surface area (Å²) in [7, 11) is 0. The molecule has 1 aromatic heterocycles. The number of azo groups is 1. The molecule has 6 nitrogen and oxygen atoms in total. The molecule has 2 rings (SSSR count). The fourth-order valence-electron chi connectivity index (χ4n) is 1.38. The van der Waals surface area contributed by atoms with E-state index < -0.39 is 0 Å². The fraction of sp³-hybridized carbons (Fsp3) is 0.364. The molecule has 2 heterocycles. The van der Waals surface area contributed by atoms with Crippen LogP contribution in [-0.2, 0) is 4.79 Å². The minimum absolute atomic E-state index is 0.0549. The molecule has 1 aliphatic heterocycles. The predicted molar refractivity (Wildman–Crippen MR) is 66.0 cm³/mol. The summed E-state index contributed by atoms with van der Waals surface area (Å²) in [5.41, 5.74) is 7.45. The highest BCUT2D eigenvalue weighted by Crippen LogP contribution is 2.18. The van der Waals surface area contributed by atoms with Crippen LogP contribution < -0.4 is 5.73 Å². The molecule has 0 bridgehead atoms. The van der Waals surface area contributed by atoms with Crippen molar-refractivity contribution in [3.8, 4) is 0 Å². The van der Waals surface area contributed by atoms with Crippen molar-refractivity contribution in [1.29, 1.82) is 0 Å². The minimum Gasteiger partial charge on any atom is -0.383 e. The molecular formula is C11H15N5O. The summed E-state index contributed by atoms with van der Waals surface area (Å²) in [4.78, 5) is 16.5. The molecule has 2 N–H and O–H groups in total. The Labute approximate surface area is 99.7 Å². The average molecular weight is 233 g/mol. The third-order valence-corrected chi connectivity index (χ3v) is 2.23. The number of aryl methyl sites for hydroxylation is 1. The Bertz CT molecular complexity index is 455. The van der Waals surface area contributed by atoms with Gasteiger partial charge in [0.05, 0.1) is 5.56 Å². The van der Waals surface area contributed by atoms with E-state index in [2.05, 4.69) is 20.2 Å². The number of aliphatic imine (C=N–C) groups is 1. The van der Waals surface area contributed by atoms with E-state index >= 15 is 0 Å². The molecule has 17 heavy (non-hydrogen) atoms. The van der Waals surface area contributed by atoms with E-state index in [1.165, 1.54) is 0 Å². The van der Waals surface area contributed by atoms with Crippen LogP contribution in [0.2, 0.25) is 0 Å². The number of nitrogens with zero attached hydrogens (tertiary/aromatic N) is 4. The molecule has 0 spiro atoms. The van der Waals surface area contributed by atoms with Crippen molar-refractivity contribution < 1.29 is 4.79 Å². The van der Waals surface area contributed by atoms with Gasteiger partial charge in [0, 0.05) is 5.69 Å². The molecular weight excluding hydrogens is 218 g/mol. The van der Waals surface area contributed by atoms with E-state index in [4.69, 9.17) is 10.5 Å². The van der Waals surface area contributed by atoms with E-state index in [0.717, 1.165) is 17.7 Å². The van der Waals surface area contributed by atoms with Gasteiger partial charge in [-0.3, -0.25) is 0 Å². The Morgan fingerprint density at radius 1 is 1.41 bits per heavy atom. The number of hydrogen-bond donors (Lipinski definition) is 1. The normalized spacial score (nSPS) is 17.3. The van der Waals surface area contributed by atoms with Gasteiger partial charge in [-0.1, -0.05) is 6.92 Å². The first-order valence-corrected chi connectivity index (χ1v) is 5.21. The highest BCUT2D eigenvalue weighted by Gasteiger charge is 2.16. The quantitative estimate of drug-likeness (QED) is 0.842. The topological polar surface area (TPSA) is 93.1 Å². The van der Waals surface area contributed by atoms with Crippen LogP contribution in [0, 0.1) is 6.92 Å². The molecule has 6 heteroatoms. The van der Waals surface area contributed by atoms with Crippen LogP contribution in [0.4, 0.5) is 5.82 Å². The number of aromatic nitrogens is 1. The lowest BCUT2D eigenvalue weighted by molar-refractivity contribution is -0.0979. The maximum absolute atomic E-state index is 8.00. The largest absolute Gasteiger partial charge is 0.383 e. The first kappa shape index (κ1) is 13.0. The van der Waals surface area contributed by atoms with E-state index in [-0.39, 0.29) is 6.17 Å². The van der Waals surface area contributed by atoms with Crippen molar-refractivity contribution in [2.45, 2.75) is 26.4 Å². The van der Waals surface area contributed by atoms with Crippen LogP contribution in [0.15, 0.2) is 27.4 Å². The lowest BCUT2D eigenvalue weighted by Gasteiger charge is -2.02. The van der Waals surface area contributed by atoms with E-state index in [9.17, 15) is 0 Å². The number of anilines is 1. The number of rotatable bonds is 2. The van der Waals surface area contributed by atoms with Crippen LogP contribution in [0.5, 0.6) is 0 Å². The molecule has 0 saturated heterocycles. The van der Waals surface area contributed by atoms with Gasteiger partial charge in [-0.15, -0.1) is 5.11 Å². The van der Waals surface area contributed by atoms with Crippen molar-refractivity contribution >= 4 is 18.4 Å². The zero-order valence-electron chi connectivity index (χ0n) is 9.92. The molecule has 1 unspecified atom stereocenters. The molecule has 1 aromatic rings. The Morgan fingerprint density at radius 2 is 2.12 bits per heavy atom. The van der Waals surface area contributed by atoms with Crippen molar-refractivity contribution in [3.63, 3.8) is 0 Å². The van der Waals surface area contributed by atoms with Gasteiger partial charge in [-0.05, 0) is 25.5 Å². The van der Waals surface area contributed by atoms with Gasteiger partial charge in [0.25, 0.3) is 0 Å². The first-order chi connectivity index (χ1) is 8.20. The third-order valence-electron chi connectivity index (χ3n) is 2.23. The number of amidine groups is 1. The van der Waals surface area contributed by atoms with Gasteiger partial charge in [0.2, 0.25) is 0 Å². The maximum atomic E-state index is 8.00. The summed E-state index contributed by atoms with van der Waals surface area (Å²) in [6.07, 6.45) is 0.798. The van der Waals surface area contributed by atoms with Crippen LogP contribution in [0.1, 0.15) is 24.6 Å². The zero-order chi connectivity index (χ0) is 12.8. The summed E-state index contributed by atoms with van der Waals surface area (Å²) < 4.78 is 0. The number of pyridine rings is 1. The maximum Gasteiger partial charge on any atom is 0.182 e. The Kier molecular flexibility index (Phi) is 4.45. The van der Waals surface area contributed by atoms with Crippen molar-refractivity contribution in [3.05, 3.63) is 23.4 Å². The average Bonchev–Trinajstić information content (AvgIpc) is 2.80. The predicted octanol–water partition coefficient (Wildman–Crippen LogP) is 1.74. The highest BCUT2D eigenvalue weighted by molar-refractivity contribution is 6.03. The molecule has 0 radical (unpaired) electrons. The summed E-state index contributed by atoms with van der Waals surface area (Å²) in [6, 6.07) is 3.77. The SMILES string of the molecule is C=O.CCC1N=NC(c2ccc(C)nc2N)=N1. The smallest absolute Gasteiger partial charge is 0.182 e. The lowest BCUT2D eigenvalue weighted by atomic mass is 10.2. The summed E-state index contributed by atoms with van der Waals surface area (Å²) in [5.74, 6) is 1.05. The number of nitrogens with two attached hydrogens (primary N) is 1. The van der Waals surface area contributed by atoms with Gasteiger partial charge < -0.3 is 10.5 Å². The van der Waals surface area contributed by atoms with Gasteiger partial charge >= 0.3 is 0 Å². The van der Waals surface area contributed by atoms with E-state index in [0.29, 0.717) is 11.7 Å². The van der Waals surface area contributed by atoms with Crippen molar-refractivity contribution in [1.82, 2.24) is 4.98 Å². The van der Waals surface area contributed by atoms with Crippen LogP contribution >= 0.6 is 0 Å². The zero-order valence-corrected chi connectivity index (χ0v) is 9.92. The number of hydrogen-bond acceptors (Lipinski definition) is 6. The van der Waals surface area contributed by atoms with Gasteiger partial charge in [-0.2, -0.15) is 5.11 Å². The van der Waals surface area contributed by atoms with E-state index in [1.54, 1.807) is 0 Å². The highest BCUT2D eigenvalue weighted by atomic mass is 16.1. The van der Waals surface area contributed by atoms with E-state index in [1.807, 2.05) is 32.8 Å². The first-order valence-electron chi connectivity index (χ1n) is 5.21. The number of nitrogen functional groups attached to an aromatic ring is 1. The van der Waals surface area contributed by atoms with Crippen LogP contribution in [0.3, 0.4) is 0 Å². The minimum atomic E-state index is -0.0549. The number of carbonyl (C=O) groups is 1. The number of carbonyl (C=O) groups excluding carboxylic acids is 1. The van der Waals surface area contributed by atoms with Crippen LogP contribution in [-0.4, -0.2) is 23.8 Å². The molecule has 0 fully saturated rings. The fourth-order valence-corrected chi connectivity index (χ4v) is 1.38. The second-order valence-corrected chi connectivity index (χ2v) is 3.44. The molecule has 0 aromatic carbocycles. The molecule has 1 aliphatic rings. The van der Waals surface area contributed by atoms with Gasteiger partial charge in [-0.25, -0.2) is 9.98 Å². The lowest BCUT2D eigenvalue weighted by Crippen LogP contribution is -2.04. The second-order valence-electron chi connectivity index (χ2n) is 3.44. The van der Waals surface area contributed by atoms with Crippen LogP contribution in [0.25, 0.3) is 0 Å². The Balaban J connectivity index is 0.000000686. The second kappa shape index (κ2) is 5.83. The van der Waals surface area contributed by atoms with Crippen molar-refractivity contribution in [2.24, 2.45) is 15.2 Å². The molecule has 0 saturated carbocycles. The van der Waals surface area contributed by atoms with Crippen molar-refractivity contribution in [2.75, 3.05) is 5.73 Å².